The number of carbonyl (C=O) groups excluding carboxylic acids is 1. The van der Waals surface area contributed by atoms with Gasteiger partial charge in [-0.1, -0.05) is 11.6 Å². The second-order valence-electron chi connectivity index (χ2n) is 6.36. The molecule has 140 valence electrons. The fraction of sp³-hybridized carbons (Fsp3) is 0.250. The first-order chi connectivity index (χ1) is 13.1. The van der Waals surface area contributed by atoms with E-state index in [0.29, 0.717) is 42.7 Å². The first kappa shape index (κ1) is 17.7. The molecule has 0 unspecified atom stereocenters. The first-order valence-electron chi connectivity index (χ1n) is 8.67. The van der Waals surface area contributed by atoms with E-state index < -0.39 is 0 Å². The molecule has 1 fully saturated rings. The van der Waals surface area contributed by atoms with Crippen molar-refractivity contribution >= 4 is 29.3 Å². The van der Waals surface area contributed by atoms with Crippen molar-refractivity contribution in [1.82, 2.24) is 4.90 Å². The van der Waals surface area contributed by atoms with Crippen molar-refractivity contribution in [2.24, 2.45) is 0 Å². The van der Waals surface area contributed by atoms with Crippen molar-refractivity contribution in [3.63, 3.8) is 0 Å². The first-order valence-corrected chi connectivity index (χ1v) is 9.04. The highest BCUT2D eigenvalue weighted by atomic mass is 35.5. The van der Waals surface area contributed by atoms with Gasteiger partial charge in [0.2, 0.25) is 12.7 Å². The highest BCUT2D eigenvalue weighted by Crippen LogP contribution is 2.40. The Labute approximate surface area is 161 Å². The highest BCUT2D eigenvalue weighted by molar-refractivity contribution is 6.32. The number of carbonyl (C=O) groups is 1. The van der Waals surface area contributed by atoms with Crippen LogP contribution in [0, 0.1) is 5.82 Å². The van der Waals surface area contributed by atoms with Gasteiger partial charge in [-0.3, -0.25) is 4.79 Å². The molecule has 0 aliphatic carbocycles. The van der Waals surface area contributed by atoms with E-state index in [2.05, 4.69) is 4.90 Å². The van der Waals surface area contributed by atoms with Gasteiger partial charge in [0.05, 0.1) is 5.02 Å². The molecule has 2 aromatic rings. The summed E-state index contributed by atoms with van der Waals surface area (Å²) >= 11 is 6.16. The van der Waals surface area contributed by atoms with Crippen LogP contribution in [-0.2, 0) is 4.79 Å². The molecule has 0 radical (unpaired) electrons. The monoisotopic (exact) mass is 388 g/mol. The van der Waals surface area contributed by atoms with Crippen LogP contribution in [0.3, 0.4) is 0 Å². The smallest absolute Gasteiger partial charge is 0.246 e. The van der Waals surface area contributed by atoms with Gasteiger partial charge in [0.1, 0.15) is 5.82 Å². The highest BCUT2D eigenvalue weighted by Gasteiger charge is 2.20. The maximum atomic E-state index is 13.0. The average molecular weight is 389 g/mol. The van der Waals surface area contributed by atoms with Crippen LogP contribution in [0.15, 0.2) is 42.5 Å². The summed E-state index contributed by atoms with van der Waals surface area (Å²) in [5, 5.41) is 0.463. The lowest BCUT2D eigenvalue weighted by molar-refractivity contribution is -0.126. The minimum atomic E-state index is -0.249. The minimum absolute atomic E-state index is 0.0532. The minimum Gasteiger partial charge on any atom is -0.454 e. The quantitative estimate of drug-likeness (QED) is 0.754. The molecule has 2 aliphatic rings. The predicted molar refractivity (Wildman–Crippen MR) is 102 cm³/mol. The van der Waals surface area contributed by atoms with Crippen LogP contribution in [0.2, 0.25) is 5.02 Å². The molecule has 0 saturated carbocycles. The van der Waals surface area contributed by atoms with Gasteiger partial charge >= 0.3 is 0 Å². The molecule has 5 nitrogen and oxygen atoms in total. The van der Waals surface area contributed by atoms with Gasteiger partial charge in [-0.25, -0.2) is 4.39 Å². The summed E-state index contributed by atoms with van der Waals surface area (Å²) in [5.41, 5.74) is 1.75. The molecule has 2 heterocycles. The Morgan fingerprint density at radius 2 is 1.81 bits per heavy atom. The number of ether oxygens (including phenoxy) is 2. The second kappa shape index (κ2) is 7.48. The summed E-state index contributed by atoms with van der Waals surface area (Å²) in [6.07, 6.45) is 3.27. The maximum Gasteiger partial charge on any atom is 0.246 e. The molecule has 4 rings (SSSR count). The maximum absolute atomic E-state index is 13.0. The number of piperazine rings is 1. The van der Waals surface area contributed by atoms with E-state index in [4.69, 9.17) is 21.1 Å². The van der Waals surface area contributed by atoms with Gasteiger partial charge in [-0.15, -0.1) is 0 Å². The lowest BCUT2D eigenvalue weighted by atomic mass is 10.1. The summed E-state index contributed by atoms with van der Waals surface area (Å²) < 4.78 is 23.7. The number of benzene rings is 2. The summed E-state index contributed by atoms with van der Waals surface area (Å²) in [6.45, 7) is 2.80. The van der Waals surface area contributed by atoms with Gasteiger partial charge < -0.3 is 19.3 Å². The van der Waals surface area contributed by atoms with Gasteiger partial charge in [0, 0.05) is 37.9 Å². The van der Waals surface area contributed by atoms with Crippen LogP contribution in [0.1, 0.15) is 5.56 Å². The van der Waals surface area contributed by atoms with Crippen LogP contribution >= 0.6 is 11.6 Å². The lowest BCUT2D eigenvalue weighted by Crippen LogP contribution is -2.48. The van der Waals surface area contributed by atoms with Crippen molar-refractivity contribution in [2.75, 3.05) is 37.9 Å². The number of hydrogen-bond acceptors (Lipinski definition) is 4. The van der Waals surface area contributed by atoms with Gasteiger partial charge in [0.25, 0.3) is 0 Å². The molecule has 27 heavy (non-hydrogen) atoms. The third kappa shape index (κ3) is 3.85. The Morgan fingerprint density at radius 1 is 1.07 bits per heavy atom. The molecule has 1 amide bonds. The number of rotatable bonds is 3. The van der Waals surface area contributed by atoms with E-state index in [0.717, 1.165) is 11.3 Å². The number of amides is 1. The molecular weight excluding hydrogens is 371 g/mol. The molecule has 7 heteroatoms. The fourth-order valence-corrected chi connectivity index (χ4v) is 3.47. The lowest BCUT2D eigenvalue weighted by Gasteiger charge is -2.35. The summed E-state index contributed by atoms with van der Waals surface area (Å²) in [6, 6.07) is 9.96. The second-order valence-corrected chi connectivity index (χ2v) is 6.77. The predicted octanol–water partition coefficient (Wildman–Crippen LogP) is 3.57. The van der Waals surface area contributed by atoms with Gasteiger partial charge in [-0.05, 0) is 48.0 Å². The van der Waals surface area contributed by atoms with Crippen LogP contribution in [0.5, 0.6) is 11.5 Å². The molecule has 0 N–H and O–H groups in total. The van der Waals surface area contributed by atoms with Crippen LogP contribution in [0.25, 0.3) is 6.08 Å². The number of halogens is 2. The molecule has 1 saturated heterocycles. The van der Waals surface area contributed by atoms with Crippen molar-refractivity contribution in [3.8, 4) is 11.5 Å². The SMILES string of the molecule is O=C(/C=C/c1cc(Cl)c2c(c1)OCO2)N1CCN(c2ccc(F)cc2)CC1. The Kier molecular flexibility index (Phi) is 4.90. The van der Waals surface area contributed by atoms with E-state index in [-0.39, 0.29) is 18.5 Å². The molecule has 2 aromatic carbocycles. The Hall–Kier alpha value is -2.73. The third-order valence-electron chi connectivity index (χ3n) is 4.65. The van der Waals surface area contributed by atoms with Crippen molar-refractivity contribution in [3.05, 3.63) is 58.9 Å². The van der Waals surface area contributed by atoms with Crippen LogP contribution in [-0.4, -0.2) is 43.8 Å². The number of anilines is 1. The van der Waals surface area contributed by atoms with Crippen molar-refractivity contribution < 1.29 is 18.7 Å². The largest absolute Gasteiger partial charge is 0.454 e. The average Bonchev–Trinajstić information content (AvgIpc) is 3.16. The fourth-order valence-electron chi connectivity index (χ4n) is 3.19. The van der Waals surface area contributed by atoms with Crippen molar-refractivity contribution in [2.45, 2.75) is 0 Å². The van der Waals surface area contributed by atoms with Crippen LogP contribution in [0.4, 0.5) is 10.1 Å². The Morgan fingerprint density at radius 3 is 2.56 bits per heavy atom. The van der Waals surface area contributed by atoms with Crippen LogP contribution < -0.4 is 14.4 Å². The summed E-state index contributed by atoms with van der Waals surface area (Å²) in [5.74, 6) is 0.823. The third-order valence-corrected chi connectivity index (χ3v) is 4.93. The molecule has 2 aliphatic heterocycles. The normalized spacial score (nSPS) is 16.2. The van der Waals surface area contributed by atoms with E-state index in [1.54, 1.807) is 41.3 Å². The standard InChI is InChI=1S/C20H18ClFN2O3/c21-17-11-14(12-18-20(17)27-13-26-18)1-6-19(25)24-9-7-23(8-10-24)16-4-2-15(22)3-5-16/h1-6,11-12H,7-10,13H2/b6-1+. The zero-order valence-corrected chi connectivity index (χ0v) is 15.3. The topological polar surface area (TPSA) is 42.0 Å². The Balaban J connectivity index is 1.36. The molecule has 0 bridgehead atoms. The summed E-state index contributed by atoms with van der Waals surface area (Å²) in [7, 11) is 0. The van der Waals surface area contributed by atoms with E-state index in [1.165, 1.54) is 12.1 Å². The molecule has 0 aromatic heterocycles. The van der Waals surface area contributed by atoms with Gasteiger partial charge in [-0.2, -0.15) is 0 Å². The molecule has 0 atom stereocenters. The number of hydrogen-bond donors (Lipinski definition) is 0. The zero-order valence-electron chi connectivity index (χ0n) is 14.5. The Bertz CT molecular complexity index is 878. The van der Waals surface area contributed by atoms with Gasteiger partial charge in [0.15, 0.2) is 11.5 Å². The molecule has 0 spiro atoms. The van der Waals surface area contributed by atoms with Crippen molar-refractivity contribution in [1.29, 1.82) is 0 Å². The van der Waals surface area contributed by atoms with E-state index in [1.807, 2.05) is 0 Å². The van der Waals surface area contributed by atoms with E-state index in [9.17, 15) is 9.18 Å². The molecular formula is C20H18ClFN2O3. The van der Waals surface area contributed by atoms with E-state index >= 15 is 0 Å². The summed E-state index contributed by atoms with van der Waals surface area (Å²) in [4.78, 5) is 16.4. The number of fused-ring (bicyclic) bond motifs is 1. The number of nitrogens with zero attached hydrogens (tertiary/aromatic N) is 2. The zero-order chi connectivity index (χ0) is 18.8.